The molecule has 0 aromatic rings. The van der Waals surface area contributed by atoms with Crippen LogP contribution in [0.15, 0.2) is 0 Å². The molecule has 5 amide bonds. The van der Waals surface area contributed by atoms with Crippen molar-refractivity contribution in [3.63, 3.8) is 0 Å². The Hall–Kier alpha value is -3.91. The molecule has 2 atom stereocenters. The van der Waals surface area contributed by atoms with Gasteiger partial charge < -0.3 is 61.9 Å². The van der Waals surface area contributed by atoms with Crippen molar-refractivity contribution in [3.05, 3.63) is 0 Å². The van der Waals surface area contributed by atoms with Gasteiger partial charge in [-0.3, -0.25) is 28.8 Å². The number of nitrogens with one attached hydrogen (secondary N) is 4. The normalized spacial score (nSPS) is 12.0. The van der Waals surface area contributed by atoms with Crippen LogP contribution in [0.1, 0.15) is 135 Å². The first-order chi connectivity index (χ1) is 29.0. The highest BCUT2D eigenvalue weighted by Crippen LogP contribution is 2.14. The Morgan fingerprint density at radius 2 is 0.900 bits per heavy atom. The second-order valence-corrected chi connectivity index (χ2v) is 14.7. The fourth-order valence-electron chi connectivity index (χ4n) is 5.93. The molecule has 0 spiro atoms. The Morgan fingerprint density at radius 1 is 0.450 bits per heavy atom. The number of hydrogen-bond donors (Lipinski definition) is 8. The zero-order valence-electron chi connectivity index (χ0n) is 35.8. The van der Waals surface area contributed by atoms with Crippen molar-refractivity contribution < 1.29 is 62.7 Å². The van der Waals surface area contributed by atoms with Crippen LogP contribution in [0.4, 0.5) is 0 Å². The number of carbonyl (C=O) groups excluding carboxylic acids is 5. The summed E-state index contributed by atoms with van der Waals surface area (Å²) in [4.78, 5) is 82.0. The number of nitrogens with two attached hydrogens (primary N) is 2. The highest BCUT2D eigenvalue weighted by molar-refractivity contribution is 5.87. The second-order valence-electron chi connectivity index (χ2n) is 14.7. The molecule has 0 aromatic heterocycles. The van der Waals surface area contributed by atoms with Crippen LogP contribution in [0.2, 0.25) is 0 Å². The van der Waals surface area contributed by atoms with E-state index in [0.29, 0.717) is 25.8 Å². The predicted octanol–water partition coefficient (Wildman–Crippen LogP) is 2.06. The summed E-state index contributed by atoms with van der Waals surface area (Å²) < 4.78 is 21.2. The summed E-state index contributed by atoms with van der Waals surface area (Å²) in [5.41, 5.74) is 10.7. The Bertz CT molecular complexity index is 1180. The molecule has 0 heterocycles. The van der Waals surface area contributed by atoms with Gasteiger partial charge in [-0.15, -0.1) is 0 Å². The highest BCUT2D eigenvalue weighted by Gasteiger charge is 2.21. The molecular weight excluding hydrogens is 784 g/mol. The summed E-state index contributed by atoms with van der Waals surface area (Å²) in [6.07, 6.45) is 17.2. The van der Waals surface area contributed by atoms with Gasteiger partial charge in [0.2, 0.25) is 29.5 Å². The lowest BCUT2D eigenvalue weighted by Crippen LogP contribution is -2.45. The molecule has 19 nitrogen and oxygen atoms in total. The molecule has 0 fully saturated rings. The van der Waals surface area contributed by atoms with Crippen molar-refractivity contribution in [1.29, 1.82) is 0 Å². The van der Waals surface area contributed by atoms with E-state index < -0.39 is 35.8 Å². The smallest absolute Gasteiger partial charge is 0.326 e. The van der Waals surface area contributed by atoms with E-state index in [-0.39, 0.29) is 109 Å². The lowest BCUT2D eigenvalue weighted by atomic mass is 10.0. The quantitative estimate of drug-likeness (QED) is 0.0407. The summed E-state index contributed by atoms with van der Waals surface area (Å²) in [6, 6.07) is -1.92. The number of carbonyl (C=O) groups is 7. The maximum atomic E-state index is 12.3. The molecule has 10 N–H and O–H groups in total. The first-order valence-corrected chi connectivity index (χ1v) is 21.8. The fraction of sp³-hybridized carbons (Fsp3) is 0.829. The van der Waals surface area contributed by atoms with E-state index in [2.05, 4.69) is 21.3 Å². The molecule has 0 rings (SSSR count). The van der Waals surface area contributed by atoms with Gasteiger partial charge in [-0.1, -0.05) is 77.0 Å². The van der Waals surface area contributed by atoms with E-state index >= 15 is 0 Å². The van der Waals surface area contributed by atoms with Gasteiger partial charge >= 0.3 is 11.9 Å². The predicted molar refractivity (Wildman–Crippen MR) is 224 cm³/mol. The number of carboxylic acid groups (broad SMARTS) is 2. The van der Waals surface area contributed by atoms with Crippen molar-refractivity contribution in [2.75, 3.05) is 72.5 Å². The largest absolute Gasteiger partial charge is 0.481 e. The summed E-state index contributed by atoms with van der Waals surface area (Å²) in [6.45, 7) is 1.60. The molecule has 19 heteroatoms. The summed E-state index contributed by atoms with van der Waals surface area (Å²) >= 11 is 0. The van der Waals surface area contributed by atoms with Crippen LogP contribution in [0.5, 0.6) is 0 Å². The van der Waals surface area contributed by atoms with Crippen LogP contribution in [0, 0.1) is 0 Å². The van der Waals surface area contributed by atoms with Crippen LogP contribution < -0.4 is 32.7 Å². The number of hydrogen-bond acceptors (Lipinski definition) is 12. The number of unbranched alkanes of at least 4 members (excludes halogenated alkanes) is 14. The maximum Gasteiger partial charge on any atom is 0.326 e. The third kappa shape index (κ3) is 38.3. The highest BCUT2D eigenvalue weighted by atomic mass is 16.5. The molecule has 348 valence electrons. The van der Waals surface area contributed by atoms with Crippen LogP contribution in [-0.2, 0) is 52.5 Å². The van der Waals surface area contributed by atoms with Gasteiger partial charge in [0.1, 0.15) is 25.3 Å². The molecule has 0 aliphatic heterocycles. The third-order valence-electron chi connectivity index (χ3n) is 9.31. The van der Waals surface area contributed by atoms with E-state index in [1.807, 2.05) is 0 Å². The van der Waals surface area contributed by atoms with E-state index in [1.165, 1.54) is 38.5 Å². The van der Waals surface area contributed by atoms with Crippen molar-refractivity contribution in [2.24, 2.45) is 11.5 Å². The monoisotopic (exact) mass is 861 g/mol. The Balaban J connectivity index is 3.71. The van der Waals surface area contributed by atoms with Crippen molar-refractivity contribution >= 4 is 41.5 Å². The standard InChI is InChI=1S/C41H76N6O13/c42-22-16-15-17-33(40(43)54)46-38(51)32-60-30-28-58-26-24-45-37(50)31-59-29-27-57-25-23-44-35(48)21-20-34(41(55)56)47-36(49)18-13-11-9-7-5-3-1-2-4-6-8-10-12-14-19-39(52)53/h33-34H,1-32,42H2,(H2,43,54)(H,44,48)(H,45,50)(H,46,51)(H,47,49)(H,52,53)(H,55,56)/t33-,34-/m0/s1. The van der Waals surface area contributed by atoms with Gasteiger partial charge in [0.25, 0.3) is 0 Å². The van der Waals surface area contributed by atoms with E-state index in [0.717, 1.165) is 51.4 Å². The molecule has 0 bridgehead atoms. The topological polar surface area (TPSA) is 297 Å². The molecule has 0 radical (unpaired) electrons. The van der Waals surface area contributed by atoms with E-state index in [1.54, 1.807) is 0 Å². The SMILES string of the molecule is NCCCC[C@H](NC(=O)COCCOCCNC(=O)COCCOCCNC(=O)CC[C@H](NC(=O)CCCCCCCCCCCCCCCCC(=O)O)C(=O)O)C(N)=O. The number of primary amides is 1. The number of aliphatic carboxylic acids is 2. The average Bonchev–Trinajstić information content (AvgIpc) is 3.20. The average molecular weight is 861 g/mol. The molecule has 60 heavy (non-hydrogen) atoms. The van der Waals surface area contributed by atoms with E-state index in [4.69, 9.17) is 35.5 Å². The number of ether oxygens (including phenoxy) is 4. The number of amides is 5. The number of rotatable bonds is 44. The van der Waals surface area contributed by atoms with Gasteiger partial charge in [-0.05, 0) is 45.1 Å². The van der Waals surface area contributed by atoms with Crippen LogP contribution in [-0.4, -0.2) is 136 Å². The summed E-state index contributed by atoms with van der Waals surface area (Å²) in [7, 11) is 0. The van der Waals surface area contributed by atoms with Gasteiger partial charge in [-0.25, -0.2) is 4.79 Å². The first kappa shape index (κ1) is 56.1. The second kappa shape index (κ2) is 40.5. The Morgan fingerprint density at radius 3 is 1.38 bits per heavy atom. The molecule has 0 unspecified atom stereocenters. The molecule has 0 aliphatic rings. The minimum absolute atomic E-state index is 0.0327. The molecule has 0 saturated carbocycles. The van der Waals surface area contributed by atoms with Crippen molar-refractivity contribution in [3.8, 4) is 0 Å². The molecule has 0 aliphatic carbocycles. The van der Waals surface area contributed by atoms with Crippen LogP contribution >= 0.6 is 0 Å². The van der Waals surface area contributed by atoms with Crippen LogP contribution in [0.3, 0.4) is 0 Å². The van der Waals surface area contributed by atoms with Gasteiger partial charge in [-0.2, -0.15) is 0 Å². The lowest BCUT2D eigenvalue weighted by Gasteiger charge is -2.15. The van der Waals surface area contributed by atoms with Gasteiger partial charge in [0.05, 0.1) is 39.6 Å². The minimum atomic E-state index is -1.19. The maximum absolute atomic E-state index is 12.3. The fourth-order valence-corrected chi connectivity index (χ4v) is 5.93. The Labute approximate surface area is 355 Å². The van der Waals surface area contributed by atoms with Gasteiger partial charge in [0.15, 0.2) is 0 Å². The van der Waals surface area contributed by atoms with Crippen molar-refractivity contribution in [1.82, 2.24) is 21.3 Å². The van der Waals surface area contributed by atoms with Gasteiger partial charge in [0, 0.05) is 32.4 Å². The first-order valence-electron chi connectivity index (χ1n) is 21.8. The van der Waals surface area contributed by atoms with Crippen molar-refractivity contribution in [2.45, 2.75) is 147 Å². The number of carboxylic acids is 2. The van der Waals surface area contributed by atoms with Crippen LogP contribution in [0.25, 0.3) is 0 Å². The summed E-state index contributed by atoms with van der Waals surface area (Å²) in [5, 5.41) is 28.5. The zero-order valence-corrected chi connectivity index (χ0v) is 35.8. The molecule has 0 saturated heterocycles. The molecular formula is C41H76N6O13. The van der Waals surface area contributed by atoms with E-state index in [9.17, 15) is 38.7 Å². The third-order valence-corrected chi connectivity index (χ3v) is 9.31. The summed E-state index contributed by atoms with van der Waals surface area (Å²) in [5.74, 6) is -4.02. The molecule has 0 aromatic carbocycles. The Kier molecular flexibility index (Phi) is 37.9. The zero-order chi connectivity index (χ0) is 44.5. The minimum Gasteiger partial charge on any atom is -0.481 e. The lowest BCUT2D eigenvalue weighted by molar-refractivity contribution is -0.142.